The molecule has 0 fully saturated rings. The van der Waals surface area contributed by atoms with Gasteiger partial charge in [-0.1, -0.05) is 11.6 Å². The summed E-state index contributed by atoms with van der Waals surface area (Å²) < 4.78 is 13.3. The van der Waals surface area contributed by atoms with Crippen LogP contribution in [0, 0.1) is 5.82 Å². The molecule has 0 spiro atoms. The lowest BCUT2D eigenvalue weighted by molar-refractivity contribution is 0.616. The predicted molar refractivity (Wildman–Crippen MR) is 83.0 cm³/mol. The molecule has 1 N–H and O–H groups in total. The van der Waals surface area contributed by atoms with E-state index in [9.17, 15) is 4.39 Å². The minimum atomic E-state index is -0.344. The Labute approximate surface area is 126 Å². The van der Waals surface area contributed by atoms with E-state index in [0.29, 0.717) is 5.02 Å². The predicted octanol–water partition coefficient (Wildman–Crippen LogP) is 4.60. The first-order valence-corrected chi connectivity index (χ1v) is 6.93. The largest absolute Gasteiger partial charge is 0.378 e. The highest BCUT2D eigenvalue weighted by Crippen LogP contribution is 2.30. The normalized spacial score (nSPS) is 12.3. The molecule has 0 aliphatic rings. The maximum atomic E-state index is 13.3. The summed E-state index contributed by atoms with van der Waals surface area (Å²) in [6.07, 6.45) is 4.55. The monoisotopic (exact) mass is 301 g/mol. The molecule has 0 saturated carbocycles. The van der Waals surface area contributed by atoms with E-state index in [1.54, 1.807) is 18.5 Å². The number of benzene rings is 1. The summed E-state index contributed by atoms with van der Waals surface area (Å²) in [7, 11) is 0. The Balaban J connectivity index is 1.97. The van der Waals surface area contributed by atoms with Gasteiger partial charge in [-0.25, -0.2) is 4.39 Å². The molecule has 0 aliphatic carbocycles. The zero-order valence-corrected chi connectivity index (χ0v) is 12.1. The summed E-state index contributed by atoms with van der Waals surface area (Å²) in [5.41, 5.74) is 2.43. The fourth-order valence-corrected chi connectivity index (χ4v) is 2.46. The molecule has 0 amide bonds. The van der Waals surface area contributed by atoms with Gasteiger partial charge in [-0.15, -0.1) is 0 Å². The quantitative estimate of drug-likeness (QED) is 0.768. The minimum Gasteiger partial charge on any atom is -0.378 e. The Morgan fingerprint density at radius 3 is 2.90 bits per heavy atom. The molecule has 0 aliphatic heterocycles. The van der Waals surface area contributed by atoms with E-state index in [0.717, 1.165) is 22.2 Å². The van der Waals surface area contributed by atoms with E-state index in [1.165, 1.54) is 12.3 Å². The lowest BCUT2D eigenvalue weighted by Crippen LogP contribution is -2.07. The summed E-state index contributed by atoms with van der Waals surface area (Å²) in [5.74, 6) is -0.344. The van der Waals surface area contributed by atoms with Crippen LogP contribution >= 0.6 is 11.6 Å². The van der Waals surface area contributed by atoms with Gasteiger partial charge in [0.1, 0.15) is 5.82 Å². The van der Waals surface area contributed by atoms with Gasteiger partial charge in [0.2, 0.25) is 0 Å². The molecular weight excluding hydrogens is 289 g/mol. The van der Waals surface area contributed by atoms with Crippen LogP contribution in [0.3, 0.4) is 0 Å². The van der Waals surface area contributed by atoms with Crippen molar-refractivity contribution in [3.05, 3.63) is 65.3 Å². The molecule has 3 aromatic rings. The number of anilines is 1. The summed E-state index contributed by atoms with van der Waals surface area (Å²) in [6.45, 7) is 1.95. The maximum Gasteiger partial charge on any atom is 0.141 e. The van der Waals surface area contributed by atoms with E-state index in [-0.39, 0.29) is 11.9 Å². The second-order valence-electron chi connectivity index (χ2n) is 4.80. The molecular formula is C16H13ClFN3. The number of rotatable bonds is 3. The first-order valence-electron chi connectivity index (χ1n) is 6.55. The highest BCUT2D eigenvalue weighted by molar-refractivity contribution is 6.35. The van der Waals surface area contributed by atoms with Crippen LogP contribution in [0.1, 0.15) is 18.5 Å². The van der Waals surface area contributed by atoms with Crippen molar-refractivity contribution in [2.75, 3.05) is 5.32 Å². The topological polar surface area (TPSA) is 37.8 Å². The molecule has 3 nitrogen and oxygen atoms in total. The van der Waals surface area contributed by atoms with Crippen molar-refractivity contribution in [1.29, 1.82) is 0 Å². The standard InChI is InChI=1S/C16H13ClFN3/c1-10(11-7-12(18)9-19-8-11)21-15-5-4-14(17)16-13(15)3-2-6-20-16/h2-10,21H,1H3. The van der Waals surface area contributed by atoms with E-state index in [2.05, 4.69) is 15.3 Å². The summed E-state index contributed by atoms with van der Waals surface area (Å²) in [6, 6.07) is 8.90. The highest BCUT2D eigenvalue weighted by atomic mass is 35.5. The van der Waals surface area contributed by atoms with Crippen LogP contribution in [0.15, 0.2) is 48.9 Å². The number of nitrogens with zero attached hydrogens (tertiary/aromatic N) is 2. The van der Waals surface area contributed by atoms with Crippen molar-refractivity contribution >= 4 is 28.2 Å². The second-order valence-corrected chi connectivity index (χ2v) is 5.20. The lowest BCUT2D eigenvalue weighted by atomic mass is 10.1. The van der Waals surface area contributed by atoms with Crippen LogP contribution in [-0.4, -0.2) is 9.97 Å². The van der Waals surface area contributed by atoms with Crippen LogP contribution < -0.4 is 5.32 Å². The van der Waals surface area contributed by atoms with Crippen molar-refractivity contribution in [3.63, 3.8) is 0 Å². The van der Waals surface area contributed by atoms with Crippen molar-refractivity contribution in [3.8, 4) is 0 Å². The van der Waals surface area contributed by atoms with Crippen molar-refractivity contribution in [1.82, 2.24) is 9.97 Å². The summed E-state index contributed by atoms with van der Waals surface area (Å²) in [5, 5.41) is 4.89. The number of nitrogens with one attached hydrogen (secondary N) is 1. The van der Waals surface area contributed by atoms with E-state index in [1.807, 2.05) is 25.1 Å². The van der Waals surface area contributed by atoms with Gasteiger partial charge >= 0.3 is 0 Å². The zero-order chi connectivity index (χ0) is 14.8. The number of aromatic nitrogens is 2. The molecule has 0 bridgehead atoms. The number of fused-ring (bicyclic) bond motifs is 1. The van der Waals surface area contributed by atoms with Crippen LogP contribution in [0.4, 0.5) is 10.1 Å². The molecule has 21 heavy (non-hydrogen) atoms. The molecule has 5 heteroatoms. The van der Waals surface area contributed by atoms with Crippen molar-refractivity contribution < 1.29 is 4.39 Å². The molecule has 3 rings (SSSR count). The third kappa shape index (κ3) is 2.81. The molecule has 0 radical (unpaired) electrons. The van der Waals surface area contributed by atoms with Crippen LogP contribution in [-0.2, 0) is 0 Å². The average Bonchev–Trinajstić information content (AvgIpc) is 2.50. The first-order chi connectivity index (χ1) is 10.1. The Morgan fingerprint density at radius 2 is 2.10 bits per heavy atom. The molecule has 2 heterocycles. The Hall–Kier alpha value is -2.20. The average molecular weight is 302 g/mol. The van der Waals surface area contributed by atoms with Gasteiger partial charge in [0, 0.05) is 23.5 Å². The molecule has 2 aromatic heterocycles. The minimum absolute atomic E-state index is 0.0854. The van der Waals surface area contributed by atoms with Gasteiger partial charge < -0.3 is 5.32 Å². The lowest BCUT2D eigenvalue weighted by Gasteiger charge is -2.17. The van der Waals surface area contributed by atoms with E-state index >= 15 is 0 Å². The fraction of sp³-hybridized carbons (Fsp3) is 0.125. The van der Waals surface area contributed by atoms with Crippen molar-refractivity contribution in [2.45, 2.75) is 13.0 Å². The summed E-state index contributed by atoms with van der Waals surface area (Å²) >= 11 is 6.15. The zero-order valence-electron chi connectivity index (χ0n) is 11.3. The second kappa shape index (κ2) is 5.66. The fourth-order valence-electron chi connectivity index (χ4n) is 2.25. The van der Waals surface area contributed by atoms with Gasteiger partial charge in [-0.05, 0) is 42.8 Å². The molecule has 1 atom stereocenters. The van der Waals surface area contributed by atoms with Gasteiger partial charge in [0.25, 0.3) is 0 Å². The van der Waals surface area contributed by atoms with E-state index in [4.69, 9.17) is 11.6 Å². The van der Waals surface area contributed by atoms with Gasteiger partial charge in [0.05, 0.1) is 22.8 Å². The highest BCUT2D eigenvalue weighted by Gasteiger charge is 2.10. The maximum absolute atomic E-state index is 13.3. The summed E-state index contributed by atoms with van der Waals surface area (Å²) in [4.78, 5) is 8.17. The smallest absolute Gasteiger partial charge is 0.141 e. The molecule has 106 valence electrons. The SMILES string of the molecule is CC(Nc1ccc(Cl)c2ncccc12)c1cncc(F)c1. The van der Waals surface area contributed by atoms with Crippen LogP contribution in [0.5, 0.6) is 0 Å². The number of hydrogen-bond acceptors (Lipinski definition) is 3. The first kappa shape index (κ1) is 13.8. The third-order valence-electron chi connectivity index (χ3n) is 3.32. The van der Waals surface area contributed by atoms with Gasteiger partial charge in [-0.2, -0.15) is 0 Å². The van der Waals surface area contributed by atoms with Crippen molar-refractivity contribution in [2.24, 2.45) is 0 Å². The molecule has 1 unspecified atom stereocenters. The molecule has 1 aromatic carbocycles. The Morgan fingerprint density at radius 1 is 1.24 bits per heavy atom. The Bertz CT molecular complexity index is 791. The molecule has 0 saturated heterocycles. The number of hydrogen-bond donors (Lipinski definition) is 1. The van der Waals surface area contributed by atoms with Gasteiger partial charge in [0.15, 0.2) is 0 Å². The van der Waals surface area contributed by atoms with Crippen LogP contribution in [0.25, 0.3) is 10.9 Å². The Kier molecular flexibility index (Phi) is 3.71. The van der Waals surface area contributed by atoms with Gasteiger partial charge in [-0.3, -0.25) is 9.97 Å². The third-order valence-corrected chi connectivity index (χ3v) is 3.62. The van der Waals surface area contributed by atoms with Crippen LogP contribution in [0.2, 0.25) is 5.02 Å². The number of pyridine rings is 2. The number of halogens is 2. The van der Waals surface area contributed by atoms with E-state index < -0.39 is 0 Å².